The minimum Gasteiger partial charge on any atom is -0.334 e. The van der Waals surface area contributed by atoms with E-state index < -0.39 is 0 Å². The van der Waals surface area contributed by atoms with E-state index in [1.165, 1.54) is 11.3 Å². The lowest BCUT2D eigenvalue weighted by Crippen LogP contribution is -2.29. The zero-order valence-corrected chi connectivity index (χ0v) is 13.0. The molecule has 0 radical (unpaired) electrons. The van der Waals surface area contributed by atoms with Gasteiger partial charge >= 0.3 is 0 Å². The number of nitrogens with one attached hydrogen (secondary N) is 1. The molecule has 114 valence electrons. The van der Waals surface area contributed by atoms with Gasteiger partial charge in [0.05, 0.1) is 11.7 Å². The highest BCUT2D eigenvalue weighted by molar-refractivity contribution is 7.13. The molecule has 2 amide bonds. The average molecular weight is 316 g/mol. The number of anilines is 1. The quantitative estimate of drug-likeness (QED) is 0.944. The molecule has 0 saturated carbocycles. The van der Waals surface area contributed by atoms with Crippen LogP contribution in [0.1, 0.15) is 42.0 Å². The SMILES string of the molecule is CC(=O)N1CCC[C@@H]1c1cccc(C(=O)Nc2nccs2)n1. The number of nitrogens with zero attached hydrogens (tertiary/aromatic N) is 3. The van der Waals surface area contributed by atoms with Crippen molar-refractivity contribution in [3.05, 3.63) is 41.2 Å². The first-order chi connectivity index (χ1) is 10.6. The van der Waals surface area contributed by atoms with Gasteiger partial charge in [-0.15, -0.1) is 11.3 Å². The molecule has 0 spiro atoms. The first-order valence-corrected chi connectivity index (χ1v) is 7.98. The van der Waals surface area contributed by atoms with E-state index in [1.54, 1.807) is 30.6 Å². The van der Waals surface area contributed by atoms with Crippen molar-refractivity contribution in [1.29, 1.82) is 0 Å². The van der Waals surface area contributed by atoms with Crippen LogP contribution in [0.5, 0.6) is 0 Å². The highest BCUT2D eigenvalue weighted by Gasteiger charge is 2.29. The highest BCUT2D eigenvalue weighted by Crippen LogP contribution is 2.30. The summed E-state index contributed by atoms with van der Waals surface area (Å²) in [7, 11) is 0. The molecule has 2 aromatic rings. The molecule has 0 aliphatic carbocycles. The molecule has 2 aromatic heterocycles. The summed E-state index contributed by atoms with van der Waals surface area (Å²) >= 11 is 1.36. The Hall–Kier alpha value is -2.28. The summed E-state index contributed by atoms with van der Waals surface area (Å²) in [6.07, 6.45) is 3.47. The molecular formula is C15H16N4O2S. The Morgan fingerprint density at radius 2 is 2.27 bits per heavy atom. The lowest BCUT2D eigenvalue weighted by atomic mass is 10.1. The second-order valence-electron chi connectivity index (χ2n) is 5.11. The van der Waals surface area contributed by atoms with Crippen molar-refractivity contribution in [2.24, 2.45) is 0 Å². The van der Waals surface area contributed by atoms with Crippen molar-refractivity contribution < 1.29 is 9.59 Å². The van der Waals surface area contributed by atoms with Gasteiger partial charge in [0.25, 0.3) is 5.91 Å². The molecule has 7 heteroatoms. The van der Waals surface area contributed by atoms with Crippen LogP contribution in [0, 0.1) is 0 Å². The van der Waals surface area contributed by atoms with Crippen LogP contribution in [0.4, 0.5) is 5.13 Å². The number of hydrogen-bond acceptors (Lipinski definition) is 5. The highest BCUT2D eigenvalue weighted by atomic mass is 32.1. The van der Waals surface area contributed by atoms with Gasteiger partial charge in [0.15, 0.2) is 5.13 Å². The molecule has 3 rings (SSSR count). The van der Waals surface area contributed by atoms with Gasteiger partial charge in [0, 0.05) is 25.0 Å². The normalized spacial score (nSPS) is 17.5. The molecule has 6 nitrogen and oxygen atoms in total. The number of thiazole rings is 1. The Kier molecular flexibility index (Phi) is 4.15. The van der Waals surface area contributed by atoms with Crippen LogP contribution in [0.15, 0.2) is 29.8 Å². The van der Waals surface area contributed by atoms with Gasteiger partial charge in [-0.2, -0.15) is 0 Å². The lowest BCUT2D eigenvalue weighted by Gasteiger charge is -2.23. The predicted molar refractivity (Wildman–Crippen MR) is 83.7 cm³/mol. The van der Waals surface area contributed by atoms with E-state index in [2.05, 4.69) is 15.3 Å². The monoisotopic (exact) mass is 316 g/mol. The fourth-order valence-corrected chi connectivity index (χ4v) is 3.18. The summed E-state index contributed by atoms with van der Waals surface area (Å²) in [5.74, 6) is -0.244. The van der Waals surface area contributed by atoms with Crippen molar-refractivity contribution in [3.63, 3.8) is 0 Å². The van der Waals surface area contributed by atoms with Crippen molar-refractivity contribution in [3.8, 4) is 0 Å². The maximum absolute atomic E-state index is 12.2. The summed E-state index contributed by atoms with van der Waals surface area (Å²) in [5, 5.41) is 5.05. The van der Waals surface area contributed by atoms with Crippen LogP contribution in [0.25, 0.3) is 0 Å². The first-order valence-electron chi connectivity index (χ1n) is 7.10. The van der Waals surface area contributed by atoms with E-state index in [0.717, 1.165) is 25.1 Å². The number of rotatable bonds is 3. The fraction of sp³-hybridized carbons (Fsp3) is 0.333. The van der Waals surface area contributed by atoms with E-state index >= 15 is 0 Å². The Balaban J connectivity index is 1.80. The minimum atomic E-state index is -0.288. The fourth-order valence-electron chi connectivity index (χ4n) is 2.66. The van der Waals surface area contributed by atoms with E-state index in [1.807, 2.05) is 11.0 Å². The van der Waals surface area contributed by atoms with Gasteiger partial charge in [-0.3, -0.25) is 14.9 Å². The van der Waals surface area contributed by atoms with Crippen molar-refractivity contribution in [2.45, 2.75) is 25.8 Å². The van der Waals surface area contributed by atoms with E-state index in [-0.39, 0.29) is 17.9 Å². The summed E-state index contributed by atoms with van der Waals surface area (Å²) in [5.41, 5.74) is 1.10. The summed E-state index contributed by atoms with van der Waals surface area (Å²) in [6.45, 7) is 2.31. The largest absolute Gasteiger partial charge is 0.334 e. The van der Waals surface area contributed by atoms with Gasteiger partial charge < -0.3 is 4.90 Å². The molecule has 0 unspecified atom stereocenters. The third kappa shape index (κ3) is 2.99. The molecule has 22 heavy (non-hydrogen) atoms. The molecule has 0 aromatic carbocycles. The number of carbonyl (C=O) groups is 2. The Bertz CT molecular complexity index is 687. The topological polar surface area (TPSA) is 75.2 Å². The molecular weight excluding hydrogens is 300 g/mol. The van der Waals surface area contributed by atoms with Crippen molar-refractivity contribution in [1.82, 2.24) is 14.9 Å². The van der Waals surface area contributed by atoms with Gasteiger partial charge in [-0.05, 0) is 25.0 Å². The van der Waals surface area contributed by atoms with Gasteiger partial charge in [-0.1, -0.05) is 6.07 Å². The van der Waals surface area contributed by atoms with Crippen LogP contribution in [0.3, 0.4) is 0 Å². The smallest absolute Gasteiger partial charge is 0.276 e. The molecule has 1 N–H and O–H groups in total. The zero-order valence-electron chi connectivity index (χ0n) is 12.2. The van der Waals surface area contributed by atoms with Crippen molar-refractivity contribution >= 4 is 28.3 Å². The van der Waals surface area contributed by atoms with E-state index in [0.29, 0.717) is 10.8 Å². The van der Waals surface area contributed by atoms with Crippen LogP contribution in [-0.4, -0.2) is 33.2 Å². The molecule has 1 atom stereocenters. The molecule has 1 fully saturated rings. The second kappa shape index (κ2) is 6.23. The molecule has 1 saturated heterocycles. The van der Waals surface area contributed by atoms with E-state index in [4.69, 9.17) is 0 Å². The molecule has 0 bridgehead atoms. The average Bonchev–Trinajstić information content (AvgIpc) is 3.18. The van der Waals surface area contributed by atoms with Gasteiger partial charge in [0.1, 0.15) is 5.69 Å². The first kappa shape index (κ1) is 14.6. The summed E-state index contributed by atoms with van der Waals surface area (Å²) < 4.78 is 0. The maximum atomic E-state index is 12.2. The van der Waals surface area contributed by atoms with Crippen LogP contribution >= 0.6 is 11.3 Å². The zero-order chi connectivity index (χ0) is 15.5. The second-order valence-corrected chi connectivity index (χ2v) is 6.00. The minimum absolute atomic E-state index is 0.0369. The van der Waals surface area contributed by atoms with Crippen molar-refractivity contribution in [2.75, 3.05) is 11.9 Å². The summed E-state index contributed by atoms with van der Waals surface area (Å²) in [4.78, 5) is 34.2. The van der Waals surface area contributed by atoms with Gasteiger partial charge in [-0.25, -0.2) is 9.97 Å². The molecule has 3 heterocycles. The third-order valence-electron chi connectivity index (χ3n) is 3.65. The Labute approximate surface area is 132 Å². The van der Waals surface area contributed by atoms with Gasteiger partial charge in [0.2, 0.25) is 5.91 Å². The Morgan fingerprint density at radius 3 is 3.00 bits per heavy atom. The number of aromatic nitrogens is 2. The van der Waals surface area contributed by atoms with Crippen LogP contribution in [0.2, 0.25) is 0 Å². The number of hydrogen-bond donors (Lipinski definition) is 1. The maximum Gasteiger partial charge on any atom is 0.276 e. The third-order valence-corrected chi connectivity index (χ3v) is 4.34. The van der Waals surface area contributed by atoms with Crippen LogP contribution < -0.4 is 5.32 Å². The molecule has 1 aliphatic heterocycles. The number of likely N-dealkylation sites (tertiary alicyclic amines) is 1. The number of carbonyl (C=O) groups excluding carboxylic acids is 2. The lowest BCUT2D eigenvalue weighted by molar-refractivity contribution is -0.129. The number of pyridine rings is 1. The Morgan fingerprint density at radius 1 is 1.41 bits per heavy atom. The summed E-state index contributed by atoms with van der Waals surface area (Å²) in [6, 6.07) is 5.30. The molecule has 1 aliphatic rings. The van der Waals surface area contributed by atoms with E-state index in [9.17, 15) is 9.59 Å². The van der Waals surface area contributed by atoms with Crippen LogP contribution in [-0.2, 0) is 4.79 Å². The standard InChI is InChI=1S/C15H16N4O2S/c1-10(20)19-8-3-6-13(19)11-4-2-5-12(17-11)14(21)18-15-16-7-9-22-15/h2,4-5,7,9,13H,3,6,8H2,1H3,(H,16,18,21)/t13-/m1/s1. The predicted octanol–water partition coefficient (Wildman–Crippen LogP) is 2.47. The number of amides is 2.